The predicted octanol–water partition coefficient (Wildman–Crippen LogP) is 1.00. The minimum absolute atomic E-state index is 0.148. The second-order valence-corrected chi connectivity index (χ2v) is 4.60. The molecule has 1 fully saturated rings. The van der Waals surface area contributed by atoms with Crippen molar-refractivity contribution >= 4 is 11.9 Å². The van der Waals surface area contributed by atoms with Crippen molar-refractivity contribution in [3.63, 3.8) is 0 Å². The lowest BCUT2D eigenvalue weighted by atomic mass is 10.1. The van der Waals surface area contributed by atoms with E-state index in [4.69, 9.17) is 5.11 Å². The van der Waals surface area contributed by atoms with Crippen molar-refractivity contribution in [2.24, 2.45) is 0 Å². The van der Waals surface area contributed by atoms with Crippen LogP contribution in [-0.2, 0) is 9.59 Å². The minimum atomic E-state index is -1.02. The average molecular weight is 243 g/mol. The van der Waals surface area contributed by atoms with Crippen molar-refractivity contribution < 1.29 is 19.8 Å². The van der Waals surface area contributed by atoms with Crippen LogP contribution in [0.1, 0.15) is 45.4 Å². The number of hydrogen-bond donors (Lipinski definition) is 2. The Morgan fingerprint density at radius 3 is 2.59 bits per heavy atom. The van der Waals surface area contributed by atoms with Crippen LogP contribution in [0, 0.1) is 0 Å². The molecule has 1 rings (SSSR count). The van der Waals surface area contributed by atoms with Crippen LogP contribution in [0.15, 0.2) is 0 Å². The number of rotatable bonds is 6. The number of carbonyl (C=O) groups is 2. The highest BCUT2D eigenvalue weighted by molar-refractivity contribution is 5.84. The van der Waals surface area contributed by atoms with Gasteiger partial charge >= 0.3 is 5.97 Å². The number of amides is 1. The number of carboxylic acids is 1. The van der Waals surface area contributed by atoms with E-state index in [0.29, 0.717) is 6.42 Å². The fourth-order valence-corrected chi connectivity index (χ4v) is 2.17. The summed E-state index contributed by atoms with van der Waals surface area (Å²) in [4.78, 5) is 24.1. The number of carboxylic acid groups (broad SMARTS) is 1. The fourth-order valence-electron chi connectivity index (χ4n) is 2.17. The van der Waals surface area contributed by atoms with Gasteiger partial charge in [0.15, 0.2) is 0 Å². The molecular formula is C12H21NO4. The average Bonchev–Trinajstić information content (AvgIpc) is 2.66. The molecule has 0 aromatic carbocycles. The first kappa shape index (κ1) is 14.0. The van der Waals surface area contributed by atoms with Crippen LogP contribution in [0.25, 0.3) is 0 Å². The molecule has 1 saturated heterocycles. The lowest BCUT2D eigenvalue weighted by molar-refractivity contribution is -0.148. The third-order valence-corrected chi connectivity index (χ3v) is 3.13. The molecule has 2 N–H and O–H groups in total. The molecule has 1 amide bonds. The zero-order valence-electron chi connectivity index (χ0n) is 10.3. The standard InChI is InChI=1S/C12H21NO4/c1-2-3-4-5-6-11(15)13-8-9(14)7-10(13)12(16)17/h9-10,14H,2-8H2,1H3,(H,16,17)/t9-,10-/m1/s1. The van der Waals surface area contributed by atoms with Gasteiger partial charge in [0.05, 0.1) is 6.10 Å². The molecule has 0 aromatic heterocycles. The summed E-state index contributed by atoms with van der Waals surface area (Å²) < 4.78 is 0. The molecule has 2 atom stereocenters. The molecular weight excluding hydrogens is 222 g/mol. The number of aliphatic carboxylic acids is 1. The van der Waals surface area contributed by atoms with Crippen LogP contribution in [0.5, 0.6) is 0 Å². The predicted molar refractivity (Wildman–Crippen MR) is 62.5 cm³/mol. The van der Waals surface area contributed by atoms with Crippen molar-refractivity contribution in [3.05, 3.63) is 0 Å². The Morgan fingerprint density at radius 2 is 2.00 bits per heavy atom. The summed E-state index contributed by atoms with van der Waals surface area (Å²) in [5.74, 6) is -1.17. The summed E-state index contributed by atoms with van der Waals surface area (Å²) in [6, 6.07) is -0.844. The highest BCUT2D eigenvalue weighted by Crippen LogP contribution is 2.20. The topological polar surface area (TPSA) is 77.8 Å². The number of unbranched alkanes of at least 4 members (excludes halogenated alkanes) is 3. The van der Waals surface area contributed by atoms with Gasteiger partial charge in [0.25, 0.3) is 0 Å². The van der Waals surface area contributed by atoms with Crippen molar-refractivity contribution in [2.45, 2.75) is 57.6 Å². The number of β-amino-alcohol motifs (C(OH)–C–C–N with tert-alkyl or cyclic N) is 1. The van der Waals surface area contributed by atoms with Gasteiger partial charge in [-0.2, -0.15) is 0 Å². The fraction of sp³-hybridized carbons (Fsp3) is 0.833. The molecule has 98 valence electrons. The van der Waals surface area contributed by atoms with Crippen LogP contribution in [0.3, 0.4) is 0 Å². The van der Waals surface area contributed by atoms with E-state index in [-0.39, 0.29) is 18.9 Å². The van der Waals surface area contributed by atoms with Gasteiger partial charge in [0, 0.05) is 19.4 Å². The number of nitrogens with zero attached hydrogens (tertiary/aromatic N) is 1. The Balaban J connectivity index is 2.41. The highest BCUT2D eigenvalue weighted by Gasteiger charge is 2.38. The van der Waals surface area contributed by atoms with Crippen molar-refractivity contribution in [1.29, 1.82) is 0 Å². The van der Waals surface area contributed by atoms with Gasteiger partial charge in [-0.05, 0) is 6.42 Å². The second-order valence-electron chi connectivity index (χ2n) is 4.60. The van der Waals surface area contributed by atoms with Crippen LogP contribution in [0.4, 0.5) is 0 Å². The smallest absolute Gasteiger partial charge is 0.326 e. The molecule has 0 saturated carbocycles. The monoisotopic (exact) mass is 243 g/mol. The molecule has 0 unspecified atom stereocenters. The third-order valence-electron chi connectivity index (χ3n) is 3.13. The lowest BCUT2D eigenvalue weighted by Crippen LogP contribution is -2.40. The summed E-state index contributed by atoms with van der Waals surface area (Å²) in [7, 11) is 0. The van der Waals surface area contributed by atoms with E-state index in [0.717, 1.165) is 25.7 Å². The number of aliphatic hydroxyl groups is 1. The van der Waals surface area contributed by atoms with Gasteiger partial charge in [-0.3, -0.25) is 4.79 Å². The van der Waals surface area contributed by atoms with Gasteiger partial charge in [-0.25, -0.2) is 4.79 Å². The molecule has 5 nitrogen and oxygen atoms in total. The Bertz CT molecular complexity index is 280. The molecule has 0 aromatic rings. The number of likely N-dealkylation sites (tertiary alicyclic amines) is 1. The van der Waals surface area contributed by atoms with Gasteiger partial charge in [-0.15, -0.1) is 0 Å². The third kappa shape index (κ3) is 4.00. The SMILES string of the molecule is CCCCCCC(=O)N1C[C@H](O)C[C@@H]1C(=O)O. The lowest BCUT2D eigenvalue weighted by Gasteiger charge is -2.21. The summed E-state index contributed by atoms with van der Waals surface area (Å²) in [6.07, 6.45) is 3.83. The molecule has 0 bridgehead atoms. The van der Waals surface area contributed by atoms with Crippen LogP contribution < -0.4 is 0 Å². The quantitative estimate of drug-likeness (QED) is 0.682. The first-order valence-corrected chi connectivity index (χ1v) is 6.26. The maximum Gasteiger partial charge on any atom is 0.326 e. The maximum absolute atomic E-state index is 11.8. The number of carbonyl (C=O) groups excluding carboxylic acids is 1. The van der Waals surface area contributed by atoms with Crippen molar-refractivity contribution in [1.82, 2.24) is 4.90 Å². The summed E-state index contributed by atoms with van der Waals surface area (Å²) in [5.41, 5.74) is 0. The van der Waals surface area contributed by atoms with Gasteiger partial charge in [0.2, 0.25) is 5.91 Å². The molecule has 5 heteroatoms. The maximum atomic E-state index is 11.8. The molecule has 1 aliphatic rings. The molecule has 0 radical (unpaired) electrons. The summed E-state index contributed by atoms with van der Waals surface area (Å²) >= 11 is 0. The van der Waals surface area contributed by atoms with E-state index < -0.39 is 18.1 Å². The van der Waals surface area contributed by atoms with Crippen LogP contribution >= 0.6 is 0 Å². The number of hydrogen-bond acceptors (Lipinski definition) is 3. The van der Waals surface area contributed by atoms with E-state index in [2.05, 4.69) is 6.92 Å². The number of aliphatic hydroxyl groups excluding tert-OH is 1. The zero-order chi connectivity index (χ0) is 12.8. The molecule has 0 aliphatic carbocycles. The van der Waals surface area contributed by atoms with Gasteiger partial charge < -0.3 is 15.1 Å². The Kier molecular flexibility index (Phi) is 5.41. The zero-order valence-corrected chi connectivity index (χ0v) is 10.3. The van der Waals surface area contributed by atoms with E-state index in [9.17, 15) is 14.7 Å². The summed E-state index contributed by atoms with van der Waals surface area (Å²) in [5, 5.41) is 18.4. The van der Waals surface area contributed by atoms with E-state index in [1.165, 1.54) is 4.90 Å². The first-order chi connectivity index (χ1) is 8.06. The van der Waals surface area contributed by atoms with Crippen LogP contribution in [-0.4, -0.2) is 45.7 Å². The Labute approximate surface area is 101 Å². The molecule has 1 heterocycles. The second kappa shape index (κ2) is 6.59. The van der Waals surface area contributed by atoms with Crippen molar-refractivity contribution in [3.8, 4) is 0 Å². The Hall–Kier alpha value is -1.10. The van der Waals surface area contributed by atoms with Crippen molar-refractivity contribution in [2.75, 3.05) is 6.54 Å². The molecule has 17 heavy (non-hydrogen) atoms. The largest absolute Gasteiger partial charge is 0.480 e. The van der Waals surface area contributed by atoms with Crippen LogP contribution in [0.2, 0.25) is 0 Å². The molecule has 1 aliphatic heterocycles. The highest BCUT2D eigenvalue weighted by atomic mass is 16.4. The summed E-state index contributed by atoms with van der Waals surface area (Å²) in [6.45, 7) is 2.25. The van der Waals surface area contributed by atoms with E-state index in [1.54, 1.807) is 0 Å². The van der Waals surface area contributed by atoms with Gasteiger partial charge in [-0.1, -0.05) is 26.2 Å². The Morgan fingerprint density at radius 1 is 1.29 bits per heavy atom. The van der Waals surface area contributed by atoms with E-state index >= 15 is 0 Å². The normalized spacial score (nSPS) is 24.0. The van der Waals surface area contributed by atoms with Gasteiger partial charge in [0.1, 0.15) is 6.04 Å². The first-order valence-electron chi connectivity index (χ1n) is 6.26. The van der Waals surface area contributed by atoms with E-state index in [1.807, 2.05) is 0 Å². The molecule has 0 spiro atoms. The minimum Gasteiger partial charge on any atom is -0.480 e.